The summed E-state index contributed by atoms with van der Waals surface area (Å²) < 4.78 is 24.3. The number of nitrogens with two attached hydrogens (primary N) is 1. The molecule has 0 aromatic carbocycles. The standard InChI is InChI=1S/C8H13F2N3O/c1-4(11)13-7(14)8(2,3)5(12)6(9)10/h6,12H,1-3H3,(H2,11,13,14). The Hall–Kier alpha value is -1.33. The van der Waals surface area contributed by atoms with Gasteiger partial charge in [-0.3, -0.25) is 4.79 Å². The lowest BCUT2D eigenvalue weighted by Gasteiger charge is -2.20. The van der Waals surface area contributed by atoms with Crippen LogP contribution >= 0.6 is 0 Å². The van der Waals surface area contributed by atoms with E-state index in [9.17, 15) is 13.6 Å². The van der Waals surface area contributed by atoms with Crippen molar-refractivity contribution in [2.75, 3.05) is 0 Å². The van der Waals surface area contributed by atoms with Crippen molar-refractivity contribution < 1.29 is 13.6 Å². The quantitative estimate of drug-likeness (QED) is 0.536. The fourth-order valence-electron chi connectivity index (χ4n) is 0.688. The molecule has 1 amide bonds. The minimum Gasteiger partial charge on any atom is -0.387 e. The molecular weight excluding hydrogens is 192 g/mol. The first-order chi connectivity index (χ1) is 6.19. The highest BCUT2D eigenvalue weighted by Gasteiger charge is 2.37. The van der Waals surface area contributed by atoms with E-state index in [1.165, 1.54) is 20.8 Å². The maximum atomic E-state index is 12.2. The van der Waals surface area contributed by atoms with Gasteiger partial charge in [-0.05, 0) is 20.8 Å². The number of nitrogens with zero attached hydrogens (tertiary/aromatic N) is 1. The molecule has 0 saturated heterocycles. The third kappa shape index (κ3) is 2.86. The number of amidine groups is 1. The Balaban J connectivity index is 4.88. The van der Waals surface area contributed by atoms with E-state index in [-0.39, 0.29) is 5.84 Å². The van der Waals surface area contributed by atoms with E-state index in [1.807, 2.05) is 0 Å². The van der Waals surface area contributed by atoms with Gasteiger partial charge in [0, 0.05) is 0 Å². The molecule has 0 unspecified atom stereocenters. The highest BCUT2D eigenvalue weighted by molar-refractivity contribution is 6.10. The number of nitrogens with one attached hydrogen (secondary N) is 1. The van der Waals surface area contributed by atoms with Crippen molar-refractivity contribution in [3.05, 3.63) is 0 Å². The molecule has 0 spiro atoms. The van der Waals surface area contributed by atoms with E-state index in [1.54, 1.807) is 0 Å². The molecule has 0 rings (SSSR count). The molecule has 14 heavy (non-hydrogen) atoms. The van der Waals surface area contributed by atoms with Gasteiger partial charge in [0.2, 0.25) is 0 Å². The zero-order valence-electron chi connectivity index (χ0n) is 8.27. The average molecular weight is 205 g/mol. The molecule has 0 aromatic heterocycles. The lowest BCUT2D eigenvalue weighted by molar-refractivity contribution is -0.123. The van der Waals surface area contributed by atoms with Crippen LogP contribution in [0, 0.1) is 10.8 Å². The number of aliphatic imine (C=N–C) groups is 1. The van der Waals surface area contributed by atoms with Crippen LogP contribution in [0.15, 0.2) is 4.99 Å². The topological polar surface area (TPSA) is 79.3 Å². The number of hydrogen-bond donors (Lipinski definition) is 2. The van der Waals surface area contributed by atoms with Gasteiger partial charge < -0.3 is 11.1 Å². The molecule has 0 saturated carbocycles. The lowest BCUT2D eigenvalue weighted by atomic mass is 9.86. The highest BCUT2D eigenvalue weighted by atomic mass is 19.3. The second kappa shape index (κ2) is 4.26. The summed E-state index contributed by atoms with van der Waals surface area (Å²) in [5.74, 6) is -0.840. The van der Waals surface area contributed by atoms with Crippen molar-refractivity contribution in [3.8, 4) is 0 Å². The van der Waals surface area contributed by atoms with Crippen molar-refractivity contribution in [2.45, 2.75) is 27.2 Å². The molecule has 6 heteroatoms. The summed E-state index contributed by atoms with van der Waals surface area (Å²) in [5, 5.41) is 7.04. The molecule has 3 N–H and O–H groups in total. The molecule has 4 nitrogen and oxygen atoms in total. The molecule has 0 fully saturated rings. The SMILES string of the molecule is CC(N)=NC(=O)C(C)(C)C(=N)C(F)F. The second-order valence-electron chi connectivity index (χ2n) is 3.40. The minimum atomic E-state index is -2.96. The Kier molecular flexibility index (Phi) is 3.85. The average Bonchev–Trinajstić information content (AvgIpc) is 2.01. The van der Waals surface area contributed by atoms with Crippen LogP contribution in [0.4, 0.5) is 8.78 Å². The molecule has 0 aliphatic heterocycles. The van der Waals surface area contributed by atoms with Gasteiger partial charge in [-0.15, -0.1) is 0 Å². The van der Waals surface area contributed by atoms with Gasteiger partial charge in [0.15, 0.2) is 0 Å². The number of hydrogen-bond acceptors (Lipinski definition) is 2. The summed E-state index contributed by atoms with van der Waals surface area (Å²) in [5.41, 5.74) is 2.58. The van der Waals surface area contributed by atoms with E-state index >= 15 is 0 Å². The predicted octanol–water partition coefficient (Wildman–Crippen LogP) is 1.20. The summed E-state index contributed by atoms with van der Waals surface area (Å²) in [6.07, 6.45) is -2.96. The fraction of sp³-hybridized carbons (Fsp3) is 0.625. The van der Waals surface area contributed by atoms with Crippen molar-refractivity contribution in [1.82, 2.24) is 0 Å². The maximum absolute atomic E-state index is 12.2. The van der Waals surface area contributed by atoms with Crippen molar-refractivity contribution in [3.63, 3.8) is 0 Å². The predicted molar refractivity (Wildman–Crippen MR) is 49.8 cm³/mol. The first-order valence-electron chi connectivity index (χ1n) is 3.92. The number of rotatable bonds is 3. The number of alkyl halides is 2. The summed E-state index contributed by atoms with van der Waals surface area (Å²) in [7, 11) is 0. The van der Waals surface area contributed by atoms with Gasteiger partial charge >= 0.3 is 0 Å². The van der Waals surface area contributed by atoms with Gasteiger partial charge in [0.05, 0.1) is 17.0 Å². The van der Waals surface area contributed by atoms with Gasteiger partial charge in [0.25, 0.3) is 12.3 Å². The van der Waals surface area contributed by atoms with E-state index in [4.69, 9.17) is 11.1 Å². The molecule has 80 valence electrons. The fourth-order valence-corrected chi connectivity index (χ4v) is 0.688. The zero-order chi connectivity index (χ0) is 11.5. The van der Waals surface area contributed by atoms with E-state index < -0.39 is 23.5 Å². The van der Waals surface area contributed by atoms with Crippen molar-refractivity contribution in [1.29, 1.82) is 5.41 Å². The Labute approximate surface area is 80.7 Å². The smallest absolute Gasteiger partial charge is 0.276 e. The van der Waals surface area contributed by atoms with E-state index in [0.29, 0.717) is 0 Å². The van der Waals surface area contributed by atoms with Crippen LogP contribution < -0.4 is 5.73 Å². The summed E-state index contributed by atoms with van der Waals surface area (Å²) in [6.45, 7) is 3.81. The Morgan fingerprint density at radius 3 is 2.21 bits per heavy atom. The van der Waals surface area contributed by atoms with Crippen LogP contribution in [0.3, 0.4) is 0 Å². The van der Waals surface area contributed by atoms with Crippen molar-refractivity contribution >= 4 is 17.5 Å². The third-order valence-corrected chi connectivity index (χ3v) is 1.70. The number of carbonyl (C=O) groups is 1. The zero-order valence-corrected chi connectivity index (χ0v) is 8.27. The van der Waals surface area contributed by atoms with Crippen molar-refractivity contribution in [2.24, 2.45) is 16.1 Å². The van der Waals surface area contributed by atoms with Gasteiger partial charge in [0.1, 0.15) is 0 Å². The monoisotopic (exact) mass is 205 g/mol. The van der Waals surface area contributed by atoms with Crippen LogP contribution in [0.2, 0.25) is 0 Å². The highest BCUT2D eigenvalue weighted by Crippen LogP contribution is 2.22. The largest absolute Gasteiger partial charge is 0.387 e. The summed E-state index contributed by atoms with van der Waals surface area (Å²) in [4.78, 5) is 14.6. The molecule has 0 atom stereocenters. The lowest BCUT2D eigenvalue weighted by Crippen LogP contribution is -2.37. The molecule has 0 radical (unpaired) electrons. The first-order valence-corrected chi connectivity index (χ1v) is 3.92. The van der Waals surface area contributed by atoms with Crippen LogP contribution in [-0.2, 0) is 4.79 Å². The molecular formula is C8H13F2N3O. The normalized spacial score (nSPS) is 13.1. The van der Waals surface area contributed by atoms with Gasteiger partial charge in [-0.1, -0.05) is 0 Å². The summed E-state index contributed by atoms with van der Waals surface area (Å²) in [6, 6.07) is 0. The third-order valence-electron chi connectivity index (χ3n) is 1.70. The Morgan fingerprint density at radius 2 is 1.93 bits per heavy atom. The van der Waals surface area contributed by atoms with Gasteiger partial charge in [-0.2, -0.15) is 0 Å². The molecule has 0 aliphatic rings. The maximum Gasteiger partial charge on any atom is 0.276 e. The second-order valence-corrected chi connectivity index (χ2v) is 3.40. The van der Waals surface area contributed by atoms with Gasteiger partial charge in [-0.25, -0.2) is 13.8 Å². The van der Waals surface area contributed by atoms with E-state index in [2.05, 4.69) is 4.99 Å². The van der Waals surface area contributed by atoms with Crippen LogP contribution in [0.1, 0.15) is 20.8 Å². The first kappa shape index (κ1) is 12.7. The molecule has 0 aliphatic carbocycles. The number of carbonyl (C=O) groups excluding carboxylic acids is 1. The number of amides is 1. The summed E-state index contributed by atoms with van der Waals surface area (Å²) >= 11 is 0. The Morgan fingerprint density at radius 1 is 1.50 bits per heavy atom. The minimum absolute atomic E-state index is 0.00913. The molecule has 0 aromatic rings. The Bertz CT molecular complexity index is 280. The molecule has 0 heterocycles. The van der Waals surface area contributed by atoms with Crippen LogP contribution in [0.25, 0.3) is 0 Å². The molecule has 0 bridgehead atoms. The van der Waals surface area contributed by atoms with Crippen LogP contribution in [-0.4, -0.2) is 23.9 Å². The van der Waals surface area contributed by atoms with E-state index in [0.717, 1.165) is 0 Å². The number of halogens is 2. The van der Waals surface area contributed by atoms with Crippen LogP contribution in [0.5, 0.6) is 0 Å².